The zero-order valence-corrected chi connectivity index (χ0v) is 9.34. The number of amides is 1. The van der Waals surface area contributed by atoms with Crippen LogP contribution in [0.4, 0.5) is 5.69 Å². The Morgan fingerprint density at radius 1 is 1.35 bits per heavy atom. The summed E-state index contributed by atoms with van der Waals surface area (Å²) in [4.78, 5) is 11.1. The second kappa shape index (κ2) is 5.27. The molecule has 0 bridgehead atoms. The predicted molar refractivity (Wildman–Crippen MR) is 65.5 cm³/mol. The molecule has 1 amide bonds. The minimum absolute atomic E-state index is 0.00492. The SMILES string of the molecule is NCC(=O)Nc1ccc(Cn2cccn2)cc1. The average Bonchev–Trinajstić information content (AvgIpc) is 2.84. The highest BCUT2D eigenvalue weighted by Gasteiger charge is 1.99. The Labute approximate surface area is 99.2 Å². The molecule has 0 radical (unpaired) electrons. The lowest BCUT2D eigenvalue weighted by Crippen LogP contribution is -2.21. The molecular weight excluding hydrogens is 216 g/mol. The number of hydrogen-bond acceptors (Lipinski definition) is 3. The molecule has 2 aromatic rings. The summed E-state index contributed by atoms with van der Waals surface area (Å²) in [6.45, 7) is 0.715. The van der Waals surface area contributed by atoms with Crippen molar-refractivity contribution in [3.05, 3.63) is 48.3 Å². The van der Waals surface area contributed by atoms with Gasteiger partial charge >= 0.3 is 0 Å². The molecule has 0 spiro atoms. The fraction of sp³-hybridized carbons (Fsp3) is 0.167. The van der Waals surface area contributed by atoms with Crippen LogP contribution in [-0.2, 0) is 11.3 Å². The summed E-state index contributed by atoms with van der Waals surface area (Å²) < 4.78 is 1.84. The standard InChI is InChI=1S/C12H14N4O/c13-8-12(17)15-11-4-2-10(3-5-11)9-16-7-1-6-14-16/h1-7H,8-9,13H2,(H,15,17). The van der Waals surface area contributed by atoms with Gasteiger partial charge in [0.1, 0.15) is 0 Å². The number of carbonyl (C=O) groups is 1. The van der Waals surface area contributed by atoms with Crippen LogP contribution in [-0.4, -0.2) is 22.2 Å². The topological polar surface area (TPSA) is 72.9 Å². The molecule has 1 heterocycles. The number of carbonyl (C=O) groups excluding carboxylic acids is 1. The van der Waals surface area contributed by atoms with Gasteiger partial charge in [-0.2, -0.15) is 5.10 Å². The molecule has 17 heavy (non-hydrogen) atoms. The monoisotopic (exact) mass is 230 g/mol. The van der Waals surface area contributed by atoms with E-state index >= 15 is 0 Å². The lowest BCUT2D eigenvalue weighted by atomic mass is 10.2. The van der Waals surface area contributed by atoms with Gasteiger partial charge in [0.25, 0.3) is 0 Å². The maximum absolute atomic E-state index is 11.1. The van der Waals surface area contributed by atoms with Crippen molar-refractivity contribution in [1.29, 1.82) is 0 Å². The first-order valence-corrected chi connectivity index (χ1v) is 5.34. The Morgan fingerprint density at radius 2 is 2.12 bits per heavy atom. The van der Waals surface area contributed by atoms with Crippen molar-refractivity contribution >= 4 is 11.6 Å². The van der Waals surface area contributed by atoms with E-state index in [-0.39, 0.29) is 12.5 Å². The average molecular weight is 230 g/mol. The summed E-state index contributed by atoms with van der Waals surface area (Å²) in [6, 6.07) is 9.50. The van der Waals surface area contributed by atoms with Crippen molar-refractivity contribution in [2.45, 2.75) is 6.54 Å². The quantitative estimate of drug-likeness (QED) is 0.817. The molecule has 0 fully saturated rings. The number of nitrogens with zero attached hydrogens (tertiary/aromatic N) is 2. The van der Waals surface area contributed by atoms with Gasteiger partial charge < -0.3 is 11.1 Å². The third kappa shape index (κ3) is 3.15. The number of hydrogen-bond donors (Lipinski definition) is 2. The van der Waals surface area contributed by atoms with E-state index in [1.165, 1.54) is 0 Å². The maximum Gasteiger partial charge on any atom is 0.238 e. The third-order valence-electron chi connectivity index (χ3n) is 2.33. The maximum atomic E-state index is 11.1. The van der Waals surface area contributed by atoms with Crippen molar-refractivity contribution in [1.82, 2.24) is 9.78 Å². The van der Waals surface area contributed by atoms with Gasteiger partial charge in [0.2, 0.25) is 5.91 Å². The minimum Gasteiger partial charge on any atom is -0.325 e. The van der Waals surface area contributed by atoms with E-state index in [1.807, 2.05) is 41.2 Å². The van der Waals surface area contributed by atoms with E-state index in [1.54, 1.807) is 6.20 Å². The van der Waals surface area contributed by atoms with E-state index in [9.17, 15) is 4.79 Å². The van der Waals surface area contributed by atoms with Gasteiger partial charge in [-0.1, -0.05) is 12.1 Å². The summed E-state index contributed by atoms with van der Waals surface area (Å²) in [7, 11) is 0. The molecule has 0 unspecified atom stereocenters. The lowest BCUT2D eigenvalue weighted by molar-refractivity contribution is -0.114. The number of aromatic nitrogens is 2. The largest absolute Gasteiger partial charge is 0.325 e. The van der Waals surface area contributed by atoms with E-state index in [2.05, 4.69) is 10.4 Å². The lowest BCUT2D eigenvalue weighted by Gasteiger charge is -2.05. The number of anilines is 1. The zero-order chi connectivity index (χ0) is 12.1. The smallest absolute Gasteiger partial charge is 0.238 e. The van der Waals surface area contributed by atoms with Gasteiger partial charge in [0, 0.05) is 18.1 Å². The Hall–Kier alpha value is -2.14. The van der Waals surface area contributed by atoms with Crippen molar-refractivity contribution in [3.63, 3.8) is 0 Å². The van der Waals surface area contributed by atoms with Crippen LogP contribution in [0.25, 0.3) is 0 Å². The van der Waals surface area contributed by atoms with Gasteiger partial charge in [-0.25, -0.2) is 0 Å². The molecule has 0 aliphatic heterocycles. The minimum atomic E-state index is -0.190. The van der Waals surface area contributed by atoms with Gasteiger partial charge in [0.15, 0.2) is 0 Å². The van der Waals surface area contributed by atoms with Crippen LogP contribution in [0.5, 0.6) is 0 Å². The Balaban J connectivity index is 2.00. The van der Waals surface area contributed by atoms with Gasteiger partial charge in [-0.05, 0) is 23.8 Å². The van der Waals surface area contributed by atoms with Gasteiger partial charge in [-0.15, -0.1) is 0 Å². The molecule has 0 aliphatic rings. The molecule has 88 valence electrons. The Bertz CT molecular complexity index is 476. The first-order valence-electron chi connectivity index (χ1n) is 5.34. The number of nitrogens with one attached hydrogen (secondary N) is 1. The normalized spacial score (nSPS) is 10.2. The molecule has 3 N–H and O–H groups in total. The van der Waals surface area contributed by atoms with Crippen LogP contribution in [0, 0.1) is 0 Å². The van der Waals surface area contributed by atoms with Crippen LogP contribution in [0.3, 0.4) is 0 Å². The number of rotatable bonds is 4. The first kappa shape index (κ1) is 11.3. The molecule has 1 aromatic carbocycles. The van der Waals surface area contributed by atoms with Crippen LogP contribution in [0.15, 0.2) is 42.7 Å². The third-order valence-corrected chi connectivity index (χ3v) is 2.33. The molecule has 0 aliphatic carbocycles. The van der Waals surface area contributed by atoms with E-state index in [4.69, 9.17) is 5.73 Å². The molecule has 5 nitrogen and oxygen atoms in total. The van der Waals surface area contributed by atoms with Crippen molar-refractivity contribution in [3.8, 4) is 0 Å². The van der Waals surface area contributed by atoms with Crippen molar-refractivity contribution in [2.24, 2.45) is 5.73 Å². The molecule has 5 heteroatoms. The van der Waals surface area contributed by atoms with Crippen molar-refractivity contribution < 1.29 is 4.79 Å². The zero-order valence-electron chi connectivity index (χ0n) is 9.34. The molecule has 0 atom stereocenters. The van der Waals surface area contributed by atoms with Crippen LogP contribution in [0.1, 0.15) is 5.56 Å². The molecule has 1 aromatic heterocycles. The second-order valence-electron chi connectivity index (χ2n) is 3.65. The number of benzene rings is 1. The van der Waals surface area contributed by atoms with E-state index in [0.717, 1.165) is 17.8 Å². The summed E-state index contributed by atoms with van der Waals surface area (Å²) in [5, 5.41) is 6.82. The highest BCUT2D eigenvalue weighted by Crippen LogP contribution is 2.10. The van der Waals surface area contributed by atoms with E-state index < -0.39 is 0 Å². The van der Waals surface area contributed by atoms with Gasteiger partial charge in [0.05, 0.1) is 13.1 Å². The van der Waals surface area contributed by atoms with Crippen molar-refractivity contribution in [2.75, 3.05) is 11.9 Å². The summed E-state index contributed by atoms with van der Waals surface area (Å²) in [6.07, 6.45) is 3.65. The van der Waals surface area contributed by atoms with Gasteiger partial charge in [-0.3, -0.25) is 9.48 Å². The highest BCUT2D eigenvalue weighted by atomic mass is 16.1. The summed E-state index contributed by atoms with van der Waals surface area (Å²) in [5.74, 6) is -0.190. The van der Waals surface area contributed by atoms with Crippen LogP contribution in [0.2, 0.25) is 0 Å². The fourth-order valence-corrected chi connectivity index (χ4v) is 1.49. The summed E-state index contributed by atoms with van der Waals surface area (Å²) >= 11 is 0. The molecule has 0 saturated heterocycles. The first-order chi connectivity index (χ1) is 8.28. The summed E-state index contributed by atoms with van der Waals surface area (Å²) in [5.41, 5.74) is 7.10. The van der Waals surface area contributed by atoms with Crippen LogP contribution < -0.4 is 11.1 Å². The Morgan fingerprint density at radius 3 is 2.71 bits per heavy atom. The molecule has 2 rings (SSSR count). The molecule has 0 saturated carbocycles. The van der Waals surface area contributed by atoms with Crippen LogP contribution >= 0.6 is 0 Å². The molecular formula is C12H14N4O. The Kier molecular flexibility index (Phi) is 3.52. The van der Waals surface area contributed by atoms with E-state index in [0.29, 0.717) is 0 Å². The number of nitrogens with two attached hydrogens (primary N) is 1. The predicted octanol–water partition coefficient (Wildman–Crippen LogP) is 0.829. The fourth-order valence-electron chi connectivity index (χ4n) is 1.49. The second-order valence-corrected chi connectivity index (χ2v) is 3.65. The highest BCUT2D eigenvalue weighted by molar-refractivity contribution is 5.92.